The molecule has 1 aliphatic heterocycles. The highest BCUT2D eigenvalue weighted by molar-refractivity contribution is 6.36. The van der Waals surface area contributed by atoms with Gasteiger partial charge in [0.25, 0.3) is 17.7 Å². The van der Waals surface area contributed by atoms with Gasteiger partial charge in [-0.1, -0.05) is 35.3 Å². The Balaban J connectivity index is 1.46. The molecule has 2 heterocycles. The first-order valence-corrected chi connectivity index (χ1v) is 9.80. The van der Waals surface area contributed by atoms with Crippen LogP contribution in [0.2, 0.25) is 10.0 Å². The fourth-order valence-corrected chi connectivity index (χ4v) is 3.29. The summed E-state index contributed by atoms with van der Waals surface area (Å²) >= 11 is 11.7. The highest BCUT2D eigenvalue weighted by Gasteiger charge is 2.34. The number of imide groups is 1. The van der Waals surface area contributed by atoms with Crippen molar-refractivity contribution in [2.75, 3.05) is 11.9 Å². The molecule has 1 N–H and O–H groups in total. The maximum Gasteiger partial charge on any atom is 0.306 e. The number of carbonyl (C=O) groups excluding carboxylic acids is 4. The fraction of sp³-hybridized carbons (Fsp3) is 0.250. The number of ether oxygens (including phenoxy) is 1. The van der Waals surface area contributed by atoms with Crippen molar-refractivity contribution in [2.45, 2.75) is 25.9 Å². The van der Waals surface area contributed by atoms with Crippen molar-refractivity contribution in [1.29, 1.82) is 0 Å². The van der Waals surface area contributed by atoms with Crippen LogP contribution >= 0.6 is 23.2 Å². The zero-order valence-electron chi connectivity index (χ0n) is 15.9. The molecule has 0 fully saturated rings. The molecule has 156 valence electrons. The number of halogens is 2. The van der Waals surface area contributed by atoms with Gasteiger partial charge >= 0.3 is 5.97 Å². The molecule has 1 aliphatic rings. The first-order chi connectivity index (χ1) is 14.3. The monoisotopic (exact) mass is 449 g/mol. The number of fused-ring (bicyclic) bond motifs is 1. The molecule has 1 aromatic carbocycles. The summed E-state index contributed by atoms with van der Waals surface area (Å²) in [7, 11) is 0. The van der Waals surface area contributed by atoms with E-state index in [-0.39, 0.29) is 42.0 Å². The van der Waals surface area contributed by atoms with Crippen LogP contribution in [0.25, 0.3) is 0 Å². The quantitative estimate of drug-likeness (QED) is 0.513. The third kappa shape index (κ3) is 4.77. The Morgan fingerprint density at radius 3 is 2.40 bits per heavy atom. The molecule has 3 amide bonds. The van der Waals surface area contributed by atoms with Gasteiger partial charge in [0.1, 0.15) is 0 Å². The van der Waals surface area contributed by atoms with Crippen LogP contribution in [-0.4, -0.2) is 46.2 Å². The van der Waals surface area contributed by atoms with E-state index in [1.54, 1.807) is 24.3 Å². The van der Waals surface area contributed by atoms with Crippen molar-refractivity contribution in [1.82, 2.24) is 9.88 Å². The topological polar surface area (TPSA) is 106 Å². The van der Waals surface area contributed by atoms with Crippen LogP contribution in [0.1, 0.15) is 40.5 Å². The molecule has 0 saturated heterocycles. The number of nitrogens with zero attached hydrogens (tertiary/aromatic N) is 2. The summed E-state index contributed by atoms with van der Waals surface area (Å²) in [4.78, 5) is 53.8. The molecule has 2 aromatic rings. The Bertz CT molecular complexity index is 992. The SMILES string of the molecule is C[C@H](OC(=O)CCCN1C(=O)c2ccccc2C1=O)C(=O)Nc1ncc(Cl)cc1Cl. The van der Waals surface area contributed by atoms with Crippen LogP contribution in [0.5, 0.6) is 0 Å². The van der Waals surface area contributed by atoms with Gasteiger partial charge in [0.15, 0.2) is 11.9 Å². The van der Waals surface area contributed by atoms with Gasteiger partial charge < -0.3 is 10.1 Å². The number of rotatable bonds is 7. The van der Waals surface area contributed by atoms with Gasteiger partial charge in [0.05, 0.1) is 21.2 Å². The van der Waals surface area contributed by atoms with Crippen molar-refractivity contribution in [3.63, 3.8) is 0 Å². The number of benzene rings is 1. The highest BCUT2D eigenvalue weighted by atomic mass is 35.5. The molecule has 0 bridgehead atoms. The van der Waals surface area contributed by atoms with Crippen LogP contribution in [-0.2, 0) is 14.3 Å². The van der Waals surface area contributed by atoms with E-state index >= 15 is 0 Å². The second-order valence-corrected chi connectivity index (χ2v) is 7.36. The lowest BCUT2D eigenvalue weighted by Crippen LogP contribution is -2.32. The Morgan fingerprint density at radius 2 is 1.80 bits per heavy atom. The van der Waals surface area contributed by atoms with E-state index in [2.05, 4.69) is 10.3 Å². The molecule has 10 heteroatoms. The number of esters is 1. The molecule has 30 heavy (non-hydrogen) atoms. The van der Waals surface area contributed by atoms with E-state index < -0.39 is 18.0 Å². The minimum absolute atomic E-state index is 0.0645. The lowest BCUT2D eigenvalue weighted by atomic mass is 10.1. The predicted molar refractivity (Wildman–Crippen MR) is 109 cm³/mol. The molecule has 8 nitrogen and oxygen atoms in total. The standard InChI is InChI=1S/C20H17Cl2N3O5/c1-11(18(27)24-17-15(22)9-12(21)10-23-17)30-16(26)7-4-8-25-19(28)13-5-2-3-6-14(13)20(25)29/h2-3,5-6,9-11H,4,7-8H2,1H3,(H,23,24,27)/t11-/m0/s1. The number of aromatic nitrogens is 1. The molecule has 0 aliphatic carbocycles. The van der Waals surface area contributed by atoms with Gasteiger partial charge in [-0.3, -0.25) is 24.1 Å². The predicted octanol–water partition coefficient (Wildman–Crippen LogP) is 3.34. The summed E-state index contributed by atoms with van der Waals surface area (Å²) in [6.45, 7) is 1.48. The third-order valence-corrected chi connectivity index (χ3v) is 4.86. The van der Waals surface area contributed by atoms with Crippen LogP contribution in [0.4, 0.5) is 5.82 Å². The van der Waals surface area contributed by atoms with E-state index in [0.717, 1.165) is 4.90 Å². The van der Waals surface area contributed by atoms with Gasteiger partial charge in [-0.2, -0.15) is 0 Å². The van der Waals surface area contributed by atoms with E-state index in [9.17, 15) is 19.2 Å². The number of nitrogens with one attached hydrogen (secondary N) is 1. The number of carbonyl (C=O) groups is 4. The molecule has 3 rings (SSSR count). The average molecular weight is 450 g/mol. The normalized spacial score (nSPS) is 13.8. The third-order valence-electron chi connectivity index (χ3n) is 4.37. The van der Waals surface area contributed by atoms with Gasteiger partial charge in [0, 0.05) is 19.2 Å². The lowest BCUT2D eigenvalue weighted by molar-refractivity contribution is -0.153. The van der Waals surface area contributed by atoms with E-state index in [4.69, 9.17) is 27.9 Å². The maximum absolute atomic E-state index is 12.3. The fourth-order valence-electron chi connectivity index (χ4n) is 2.86. The number of hydrogen-bond donors (Lipinski definition) is 1. The van der Waals surface area contributed by atoms with Gasteiger partial charge in [-0.25, -0.2) is 4.98 Å². The molecular weight excluding hydrogens is 433 g/mol. The Hall–Kier alpha value is -2.97. The zero-order valence-corrected chi connectivity index (χ0v) is 17.4. The highest BCUT2D eigenvalue weighted by Crippen LogP contribution is 2.24. The Morgan fingerprint density at radius 1 is 1.17 bits per heavy atom. The van der Waals surface area contributed by atoms with Crippen LogP contribution < -0.4 is 5.32 Å². The molecule has 1 atom stereocenters. The molecule has 0 spiro atoms. The molecule has 0 saturated carbocycles. The van der Waals surface area contributed by atoms with Crippen molar-refractivity contribution in [2.24, 2.45) is 0 Å². The summed E-state index contributed by atoms with van der Waals surface area (Å²) in [5, 5.41) is 2.91. The number of anilines is 1. The minimum Gasteiger partial charge on any atom is -0.453 e. The summed E-state index contributed by atoms with van der Waals surface area (Å²) < 4.78 is 5.09. The second kappa shape index (κ2) is 9.23. The lowest BCUT2D eigenvalue weighted by Gasteiger charge is -2.15. The van der Waals surface area contributed by atoms with Crippen molar-refractivity contribution in [3.8, 4) is 0 Å². The Kier molecular flexibility index (Phi) is 6.69. The number of pyridine rings is 1. The van der Waals surface area contributed by atoms with Crippen LogP contribution in [0.15, 0.2) is 36.5 Å². The first-order valence-electron chi connectivity index (χ1n) is 9.04. The number of amides is 3. The minimum atomic E-state index is -1.09. The summed E-state index contributed by atoms with van der Waals surface area (Å²) in [6, 6.07) is 7.97. The molecule has 1 aromatic heterocycles. The largest absolute Gasteiger partial charge is 0.453 e. The Labute approximate surface area is 182 Å². The van der Waals surface area contributed by atoms with Crippen molar-refractivity contribution < 1.29 is 23.9 Å². The van der Waals surface area contributed by atoms with Gasteiger partial charge in [-0.15, -0.1) is 0 Å². The van der Waals surface area contributed by atoms with Gasteiger partial charge in [0.2, 0.25) is 0 Å². The average Bonchev–Trinajstić information content (AvgIpc) is 2.95. The van der Waals surface area contributed by atoms with E-state index in [1.807, 2.05) is 0 Å². The van der Waals surface area contributed by atoms with Crippen LogP contribution in [0.3, 0.4) is 0 Å². The van der Waals surface area contributed by atoms with Crippen LogP contribution in [0, 0.1) is 0 Å². The summed E-state index contributed by atoms with van der Waals surface area (Å²) in [5.41, 5.74) is 0.703. The van der Waals surface area contributed by atoms with Gasteiger partial charge in [-0.05, 0) is 31.5 Å². The molecular formula is C20H17Cl2N3O5. The maximum atomic E-state index is 12.3. The summed E-state index contributed by atoms with van der Waals surface area (Å²) in [5.74, 6) is -1.92. The molecule has 0 unspecified atom stereocenters. The smallest absolute Gasteiger partial charge is 0.306 e. The zero-order chi connectivity index (χ0) is 21.8. The molecule has 0 radical (unpaired) electrons. The summed E-state index contributed by atoms with van der Waals surface area (Å²) in [6.07, 6.45) is 0.373. The van der Waals surface area contributed by atoms with Crippen molar-refractivity contribution in [3.05, 3.63) is 57.7 Å². The van der Waals surface area contributed by atoms with E-state index in [0.29, 0.717) is 16.1 Å². The van der Waals surface area contributed by atoms with Crippen molar-refractivity contribution >= 4 is 52.7 Å². The number of hydrogen-bond acceptors (Lipinski definition) is 6. The van der Waals surface area contributed by atoms with E-state index in [1.165, 1.54) is 19.2 Å². The second-order valence-electron chi connectivity index (χ2n) is 6.52. The first kappa shape index (κ1) is 21.7.